The van der Waals surface area contributed by atoms with Gasteiger partial charge in [0.1, 0.15) is 11.6 Å². The molecule has 2 atom stereocenters. The molecule has 0 aromatic heterocycles. The van der Waals surface area contributed by atoms with Gasteiger partial charge in [-0.1, -0.05) is 6.92 Å². The van der Waals surface area contributed by atoms with E-state index in [-0.39, 0.29) is 17.6 Å². The lowest BCUT2D eigenvalue weighted by Crippen LogP contribution is -2.46. The van der Waals surface area contributed by atoms with Gasteiger partial charge in [0.15, 0.2) is 0 Å². The summed E-state index contributed by atoms with van der Waals surface area (Å²) in [7, 11) is 0. The lowest BCUT2D eigenvalue weighted by molar-refractivity contribution is -0.121. The van der Waals surface area contributed by atoms with Crippen LogP contribution < -0.4 is 5.32 Å². The van der Waals surface area contributed by atoms with Crippen molar-refractivity contribution in [3.05, 3.63) is 29.8 Å². The molecule has 1 aliphatic rings. The van der Waals surface area contributed by atoms with Gasteiger partial charge in [-0.25, -0.2) is 8.78 Å². The number of nitrogens with zero attached hydrogens (tertiary/aromatic N) is 1. The molecule has 110 valence electrons. The fourth-order valence-electron chi connectivity index (χ4n) is 2.57. The normalized spacial score (nSPS) is 21.5. The number of piperidine rings is 1. The molecule has 1 N–H and O–H groups in total. The average molecular weight is 282 g/mol. The zero-order chi connectivity index (χ0) is 14.7. The van der Waals surface area contributed by atoms with E-state index in [0.29, 0.717) is 5.92 Å². The smallest absolute Gasteiger partial charge is 0.241 e. The molecule has 2 rings (SSSR count). The van der Waals surface area contributed by atoms with Crippen LogP contribution in [0.5, 0.6) is 0 Å². The molecule has 1 saturated heterocycles. The fourth-order valence-corrected chi connectivity index (χ4v) is 2.57. The minimum absolute atomic E-state index is 0.105. The molecule has 0 saturated carbocycles. The Morgan fingerprint density at radius 3 is 2.90 bits per heavy atom. The third-order valence-corrected chi connectivity index (χ3v) is 3.80. The summed E-state index contributed by atoms with van der Waals surface area (Å²) >= 11 is 0. The quantitative estimate of drug-likeness (QED) is 0.924. The number of hydrogen-bond donors (Lipinski definition) is 1. The van der Waals surface area contributed by atoms with E-state index in [2.05, 4.69) is 17.1 Å². The summed E-state index contributed by atoms with van der Waals surface area (Å²) in [5, 5.41) is 2.47. The molecule has 1 heterocycles. The molecule has 1 aromatic carbocycles. The third kappa shape index (κ3) is 3.54. The minimum atomic E-state index is -0.626. The second-order valence-corrected chi connectivity index (χ2v) is 5.53. The predicted octanol–water partition coefficient (Wildman–Crippen LogP) is 3.02. The maximum Gasteiger partial charge on any atom is 0.241 e. The number of rotatable bonds is 3. The first-order valence-corrected chi connectivity index (χ1v) is 6.97. The number of carbonyl (C=O) groups is 1. The van der Waals surface area contributed by atoms with Crippen LogP contribution in [0.2, 0.25) is 0 Å². The zero-order valence-corrected chi connectivity index (χ0v) is 11.8. The van der Waals surface area contributed by atoms with Crippen molar-refractivity contribution in [2.24, 2.45) is 5.92 Å². The molecule has 0 radical (unpaired) electrons. The van der Waals surface area contributed by atoms with Gasteiger partial charge in [-0.15, -0.1) is 0 Å². The molecule has 0 aliphatic carbocycles. The second-order valence-electron chi connectivity index (χ2n) is 5.53. The van der Waals surface area contributed by atoms with E-state index in [1.165, 1.54) is 6.42 Å². The second kappa shape index (κ2) is 6.31. The van der Waals surface area contributed by atoms with Crippen LogP contribution in [-0.4, -0.2) is 29.9 Å². The first-order valence-electron chi connectivity index (χ1n) is 6.97. The number of amides is 1. The first kappa shape index (κ1) is 14.9. The summed E-state index contributed by atoms with van der Waals surface area (Å²) in [6, 6.07) is 2.69. The molecule has 0 bridgehead atoms. The van der Waals surface area contributed by atoms with Crippen molar-refractivity contribution in [3.63, 3.8) is 0 Å². The van der Waals surface area contributed by atoms with Gasteiger partial charge >= 0.3 is 0 Å². The Kier molecular flexibility index (Phi) is 4.70. The Morgan fingerprint density at radius 2 is 2.20 bits per heavy atom. The van der Waals surface area contributed by atoms with E-state index >= 15 is 0 Å². The van der Waals surface area contributed by atoms with E-state index in [0.717, 1.165) is 37.7 Å². The summed E-state index contributed by atoms with van der Waals surface area (Å²) < 4.78 is 26.6. The molecular formula is C15H20F2N2O. The van der Waals surface area contributed by atoms with Crippen LogP contribution in [0.4, 0.5) is 14.5 Å². The number of carbonyl (C=O) groups excluding carboxylic acids is 1. The van der Waals surface area contributed by atoms with E-state index in [1.54, 1.807) is 6.92 Å². The van der Waals surface area contributed by atoms with Crippen molar-refractivity contribution < 1.29 is 13.6 Å². The molecule has 3 nitrogen and oxygen atoms in total. The summed E-state index contributed by atoms with van der Waals surface area (Å²) in [5.41, 5.74) is -0.105. The molecule has 1 aliphatic heterocycles. The topological polar surface area (TPSA) is 32.3 Å². The van der Waals surface area contributed by atoms with Crippen molar-refractivity contribution in [3.8, 4) is 0 Å². The Labute approximate surface area is 118 Å². The largest absolute Gasteiger partial charge is 0.322 e. The lowest BCUT2D eigenvalue weighted by Gasteiger charge is -2.34. The van der Waals surface area contributed by atoms with Crippen LogP contribution in [0.15, 0.2) is 18.2 Å². The van der Waals surface area contributed by atoms with E-state index in [1.807, 2.05) is 0 Å². The van der Waals surface area contributed by atoms with Crippen molar-refractivity contribution in [1.82, 2.24) is 4.90 Å². The van der Waals surface area contributed by atoms with Gasteiger partial charge in [-0.05, 0) is 44.4 Å². The van der Waals surface area contributed by atoms with Gasteiger partial charge in [-0.2, -0.15) is 0 Å². The number of halogens is 2. The van der Waals surface area contributed by atoms with E-state index in [9.17, 15) is 13.6 Å². The summed E-state index contributed by atoms with van der Waals surface area (Å²) in [6.07, 6.45) is 2.23. The number of nitrogens with one attached hydrogen (secondary N) is 1. The highest BCUT2D eigenvalue weighted by atomic mass is 19.1. The van der Waals surface area contributed by atoms with Crippen LogP contribution in [0, 0.1) is 17.6 Å². The maximum atomic E-state index is 13.5. The van der Waals surface area contributed by atoms with Gasteiger partial charge in [0.2, 0.25) is 5.91 Å². The molecule has 1 aromatic rings. The first-order chi connectivity index (χ1) is 9.47. The van der Waals surface area contributed by atoms with Crippen LogP contribution in [0.3, 0.4) is 0 Å². The van der Waals surface area contributed by atoms with Gasteiger partial charge in [-0.3, -0.25) is 9.69 Å². The minimum Gasteiger partial charge on any atom is -0.322 e. The molecule has 1 amide bonds. The van der Waals surface area contributed by atoms with Gasteiger partial charge < -0.3 is 5.32 Å². The molecule has 1 fully saturated rings. The van der Waals surface area contributed by atoms with Crippen LogP contribution >= 0.6 is 0 Å². The highest BCUT2D eigenvalue weighted by Gasteiger charge is 2.26. The average Bonchev–Trinajstić information content (AvgIpc) is 2.42. The monoisotopic (exact) mass is 282 g/mol. The molecule has 5 heteroatoms. The summed E-state index contributed by atoms with van der Waals surface area (Å²) in [4.78, 5) is 14.2. The maximum absolute atomic E-state index is 13.5. The predicted molar refractivity (Wildman–Crippen MR) is 74.4 cm³/mol. The molecule has 20 heavy (non-hydrogen) atoms. The molecule has 0 unspecified atom stereocenters. The Morgan fingerprint density at radius 1 is 1.45 bits per heavy atom. The number of benzene rings is 1. The molecule has 0 spiro atoms. The SMILES string of the molecule is C[C@@H]1CCCN([C@@H](C)C(=O)Nc2cc(F)ccc2F)C1. The fraction of sp³-hybridized carbons (Fsp3) is 0.533. The van der Waals surface area contributed by atoms with Crippen LogP contribution in [0.1, 0.15) is 26.7 Å². The van der Waals surface area contributed by atoms with Crippen molar-refractivity contribution in [2.75, 3.05) is 18.4 Å². The number of anilines is 1. The number of likely N-dealkylation sites (tertiary alicyclic amines) is 1. The van der Waals surface area contributed by atoms with Crippen LogP contribution in [-0.2, 0) is 4.79 Å². The lowest BCUT2D eigenvalue weighted by atomic mass is 9.99. The standard InChI is InChI=1S/C15H20F2N2O/c1-10-4-3-7-19(9-10)11(2)15(20)18-14-8-12(16)5-6-13(14)17/h5-6,8,10-11H,3-4,7,9H2,1-2H3,(H,18,20)/t10-,11+/m1/s1. The van der Waals surface area contributed by atoms with Gasteiger partial charge in [0.05, 0.1) is 11.7 Å². The third-order valence-electron chi connectivity index (χ3n) is 3.80. The highest BCUT2D eigenvalue weighted by Crippen LogP contribution is 2.20. The van der Waals surface area contributed by atoms with E-state index in [4.69, 9.17) is 0 Å². The Hall–Kier alpha value is -1.49. The summed E-state index contributed by atoms with van der Waals surface area (Å²) in [6.45, 7) is 5.68. The Bertz CT molecular complexity index is 493. The zero-order valence-electron chi connectivity index (χ0n) is 11.8. The van der Waals surface area contributed by atoms with Crippen molar-refractivity contribution in [1.29, 1.82) is 0 Å². The summed E-state index contributed by atoms with van der Waals surface area (Å²) in [5.74, 6) is -0.937. The van der Waals surface area contributed by atoms with Crippen molar-refractivity contribution >= 4 is 11.6 Å². The van der Waals surface area contributed by atoms with E-state index < -0.39 is 11.6 Å². The molecular weight excluding hydrogens is 262 g/mol. The van der Waals surface area contributed by atoms with Crippen LogP contribution in [0.25, 0.3) is 0 Å². The number of hydrogen-bond acceptors (Lipinski definition) is 2. The van der Waals surface area contributed by atoms with Crippen molar-refractivity contribution in [2.45, 2.75) is 32.7 Å². The Balaban J connectivity index is 2.02. The highest BCUT2D eigenvalue weighted by molar-refractivity contribution is 5.94. The van der Waals surface area contributed by atoms with Gasteiger partial charge in [0.25, 0.3) is 0 Å². The van der Waals surface area contributed by atoms with Gasteiger partial charge in [0, 0.05) is 12.6 Å².